The number of piperidine rings is 1. The van der Waals surface area contributed by atoms with Crippen LogP contribution in [0.5, 0.6) is 11.5 Å². The van der Waals surface area contributed by atoms with Crippen LogP contribution in [0.1, 0.15) is 63.6 Å². The number of amides is 1. The molecule has 1 amide bonds. The molecule has 9 heteroatoms. The molecule has 192 valence electrons. The van der Waals surface area contributed by atoms with E-state index in [1.165, 1.54) is 0 Å². The summed E-state index contributed by atoms with van der Waals surface area (Å²) in [6.07, 6.45) is 5.36. The minimum atomic E-state index is -0.849. The summed E-state index contributed by atoms with van der Waals surface area (Å²) >= 11 is 0. The van der Waals surface area contributed by atoms with Gasteiger partial charge in [0.15, 0.2) is 11.6 Å². The zero-order chi connectivity index (χ0) is 26.4. The highest BCUT2D eigenvalue weighted by atomic mass is 19.1. The molecular weight excluding hydrogens is 478 g/mol. The lowest BCUT2D eigenvalue weighted by Crippen LogP contribution is -2.49. The number of carbonyl (C=O) groups excluding carboxylic acids is 1. The number of hydrogen-bond acceptors (Lipinski definition) is 6. The fraction of sp³-hybridized carbons (Fsp3) is 0.429. The number of nitrogens with zero attached hydrogens (tertiary/aromatic N) is 4. The Morgan fingerprint density at radius 1 is 1.11 bits per heavy atom. The van der Waals surface area contributed by atoms with Crippen molar-refractivity contribution in [3.63, 3.8) is 0 Å². The summed E-state index contributed by atoms with van der Waals surface area (Å²) in [6.45, 7) is 6.99. The Balaban J connectivity index is 1.27. The lowest BCUT2D eigenvalue weighted by atomic mass is 9.57. The molecule has 1 saturated carbocycles. The minimum Gasteiger partial charge on any atom is -0.453 e. The van der Waals surface area contributed by atoms with E-state index in [0.29, 0.717) is 24.1 Å². The quantitative estimate of drug-likeness (QED) is 0.405. The van der Waals surface area contributed by atoms with Gasteiger partial charge in [-0.15, -0.1) is 0 Å². The Bertz CT molecular complexity index is 1400. The van der Waals surface area contributed by atoms with Gasteiger partial charge in [-0.05, 0) is 76.1 Å². The van der Waals surface area contributed by atoms with Crippen molar-refractivity contribution in [1.82, 2.24) is 14.9 Å². The van der Waals surface area contributed by atoms with E-state index in [4.69, 9.17) is 14.5 Å². The predicted octanol–water partition coefficient (Wildman–Crippen LogP) is 6.47. The van der Waals surface area contributed by atoms with E-state index in [1.807, 2.05) is 20.8 Å². The minimum absolute atomic E-state index is 0.202. The van der Waals surface area contributed by atoms with Crippen molar-refractivity contribution in [3.8, 4) is 17.6 Å². The summed E-state index contributed by atoms with van der Waals surface area (Å²) in [5.74, 6) is -1.63. The maximum atomic E-state index is 14.3. The van der Waals surface area contributed by atoms with Crippen LogP contribution in [0.3, 0.4) is 0 Å². The average Bonchev–Trinajstić information content (AvgIpc) is 2.83. The lowest BCUT2D eigenvalue weighted by Gasteiger charge is -2.52. The van der Waals surface area contributed by atoms with E-state index in [-0.39, 0.29) is 23.2 Å². The summed E-state index contributed by atoms with van der Waals surface area (Å²) in [5, 5.41) is 9.21. The van der Waals surface area contributed by atoms with E-state index in [9.17, 15) is 18.8 Å². The highest BCUT2D eigenvalue weighted by Crippen LogP contribution is 2.56. The molecule has 0 bridgehead atoms. The molecule has 1 spiro atoms. The van der Waals surface area contributed by atoms with Crippen LogP contribution >= 0.6 is 0 Å². The molecular formula is C28H28F2N4O3. The van der Waals surface area contributed by atoms with Crippen molar-refractivity contribution in [2.24, 2.45) is 5.41 Å². The van der Waals surface area contributed by atoms with Gasteiger partial charge < -0.3 is 14.4 Å². The lowest BCUT2D eigenvalue weighted by molar-refractivity contribution is -0.0126. The first kappa shape index (κ1) is 24.9. The normalized spacial score (nSPS) is 17.4. The number of carbonyl (C=O) groups is 1. The van der Waals surface area contributed by atoms with Gasteiger partial charge in [-0.3, -0.25) is 4.98 Å². The number of halogens is 2. The van der Waals surface area contributed by atoms with Gasteiger partial charge in [-0.1, -0.05) is 0 Å². The Kier molecular flexibility index (Phi) is 6.22. The highest BCUT2D eigenvalue weighted by molar-refractivity contribution is 5.76. The van der Waals surface area contributed by atoms with Crippen molar-refractivity contribution in [3.05, 3.63) is 59.4 Å². The van der Waals surface area contributed by atoms with Gasteiger partial charge in [0.1, 0.15) is 28.8 Å². The largest absolute Gasteiger partial charge is 0.453 e. The number of likely N-dealkylation sites (tertiary alicyclic amines) is 1. The van der Waals surface area contributed by atoms with Gasteiger partial charge in [0.05, 0.1) is 16.7 Å². The maximum Gasteiger partial charge on any atom is 0.410 e. The van der Waals surface area contributed by atoms with E-state index in [2.05, 4.69) is 4.98 Å². The van der Waals surface area contributed by atoms with Gasteiger partial charge >= 0.3 is 6.09 Å². The van der Waals surface area contributed by atoms with E-state index < -0.39 is 28.5 Å². The number of benzene rings is 2. The van der Waals surface area contributed by atoms with Crippen LogP contribution < -0.4 is 4.74 Å². The fourth-order valence-corrected chi connectivity index (χ4v) is 5.21. The molecule has 2 aliphatic rings. The number of hydrogen-bond donors (Lipinski definition) is 0. The molecule has 3 aromatic rings. The summed E-state index contributed by atoms with van der Waals surface area (Å²) in [7, 11) is 0. The van der Waals surface area contributed by atoms with E-state index in [1.54, 1.807) is 35.4 Å². The van der Waals surface area contributed by atoms with Crippen LogP contribution in [0.15, 0.2) is 36.5 Å². The first-order chi connectivity index (χ1) is 17.6. The van der Waals surface area contributed by atoms with Gasteiger partial charge in [-0.2, -0.15) is 5.26 Å². The smallest absolute Gasteiger partial charge is 0.410 e. The number of fused-ring (bicyclic) bond motifs is 1. The summed E-state index contributed by atoms with van der Waals surface area (Å²) in [4.78, 5) is 23.5. The highest BCUT2D eigenvalue weighted by Gasteiger charge is 2.47. The summed E-state index contributed by atoms with van der Waals surface area (Å²) < 4.78 is 39.3. The number of nitriles is 1. The molecule has 0 atom stereocenters. The van der Waals surface area contributed by atoms with Crippen molar-refractivity contribution < 1.29 is 23.0 Å². The summed E-state index contributed by atoms with van der Waals surface area (Å²) in [6, 6.07) is 8.36. The van der Waals surface area contributed by atoms with Crippen molar-refractivity contribution in [1.29, 1.82) is 5.26 Å². The molecule has 0 radical (unpaired) electrons. The molecule has 5 rings (SSSR count). The molecule has 37 heavy (non-hydrogen) atoms. The van der Waals surface area contributed by atoms with Gasteiger partial charge in [0.2, 0.25) is 0 Å². The molecule has 1 saturated heterocycles. The number of rotatable bonds is 3. The van der Waals surface area contributed by atoms with Crippen LogP contribution in [-0.4, -0.2) is 39.7 Å². The topological polar surface area (TPSA) is 88.3 Å². The van der Waals surface area contributed by atoms with Crippen LogP contribution in [0, 0.1) is 28.4 Å². The second-order valence-electron chi connectivity index (χ2n) is 11.0. The van der Waals surface area contributed by atoms with Crippen LogP contribution in [-0.2, 0) is 4.74 Å². The second kappa shape index (κ2) is 9.25. The van der Waals surface area contributed by atoms with Crippen LogP contribution in [0.25, 0.3) is 11.0 Å². The molecule has 2 heterocycles. The van der Waals surface area contributed by atoms with E-state index in [0.717, 1.165) is 43.5 Å². The van der Waals surface area contributed by atoms with Crippen molar-refractivity contribution in [2.45, 2.75) is 58.0 Å². The van der Waals surface area contributed by atoms with Crippen molar-refractivity contribution in [2.75, 3.05) is 13.1 Å². The molecule has 1 aromatic heterocycles. The third-order valence-electron chi connectivity index (χ3n) is 7.18. The zero-order valence-corrected chi connectivity index (χ0v) is 21.1. The molecule has 2 fully saturated rings. The fourth-order valence-electron chi connectivity index (χ4n) is 5.21. The van der Waals surface area contributed by atoms with E-state index >= 15 is 0 Å². The van der Waals surface area contributed by atoms with Gasteiger partial charge in [0.25, 0.3) is 0 Å². The average molecular weight is 507 g/mol. The second-order valence-corrected chi connectivity index (χ2v) is 11.0. The number of ether oxygens (including phenoxy) is 2. The van der Waals surface area contributed by atoms with Crippen molar-refractivity contribution >= 4 is 17.1 Å². The van der Waals surface area contributed by atoms with Crippen LogP contribution in [0.2, 0.25) is 0 Å². The zero-order valence-electron chi connectivity index (χ0n) is 21.1. The molecule has 7 nitrogen and oxygen atoms in total. The molecule has 0 N–H and O–H groups in total. The Morgan fingerprint density at radius 2 is 1.81 bits per heavy atom. The SMILES string of the molecule is CC(C)(C)OC(=O)N1CCC2(CC1)CC(c1cnc3ccc(Oc4c(F)ccc(F)c4C#N)cc3n1)C2. The standard InChI is InChI=1S/C28H28F2N4O3/c1-27(2,3)37-26(35)34-10-8-28(9-11-34)13-17(14-28)24-16-32-22-7-4-18(12-23(22)33-24)36-25-19(15-31)20(29)5-6-21(25)30/h4-7,12,16-17H,8-11,13-14H2,1-3H3. The molecule has 2 aromatic carbocycles. The first-order valence-corrected chi connectivity index (χ1v) is 12.4. The first-order valence-electron chi connectivity index (χ1n) is 12.4. The third kappa shape index (κ3) is 5.06. The Hall–Kier alpha value is -3.80. The molecule has 0 unspecified atom stereocenters. The Morgan fingerprint density at radius 3 is 2.49 bits per heavy atom. The van der Waals surface area contributed by atoms with Gasteiger partial charge in [0, 0.05) is 31.3 Å². The Labute approximate surface area is 214 Å². The van der Waals surface area contributed by atoms with Gasteiger partial charge in [-0.25, -0.2) is 18.6 Å². The third-order valence-corrected chi connectivity index (χ3v) is 7.18. The van der Waals surface area contributed by atoms with Crippen LogP contribution in [0.4, 0.5) is 13.6 Å². The number of aromatic nitrogens is 2. The molecule has 1 aliphatic heterocycles. The maximum absolute atomic E-state index is 14.3. The predicted molar refractivity (Wildman–Crippen MR) is 132 cm³/mol. The molecule has 1 aliphatic carbocycles. The monoisotopic (exact) mass is 506 g/mol. The summed E-state index contributed by atoms with van der Waals surface area (Å²) in [5.41, 5.74) is 1.31.